The highest BCUT2D eigenvalue weighted by atomic mass is 79.9. The number of hydrogen-bond donors (Lipinski definition) is 1. The molecule has 0 aliphatic carbocycles. The van der Waals surface area contributed by atoms with Gasteiger partial charge in [-0.2, -0.15) is 0 Å². The van der Waals surface area contributed by atoms with E-state index in [0.717, 1.165) is 22.0 Å². The molecule has 2 atom stereocenters. The normalized spacial score (nSPS) is 12.7. The molecular weight excluding hydrogens is 432 g/mol. The van der Waals surface area contributed by atoms with Crippen molar-refractivity contribution in [1.29, 1.82) is 0 Å². The lowest BCUT2D eigenvalue weighted by Crippen LogP contribution is -2.50. The second-order valence-electron chi connectivity index (χ2n) is 7.25. The predicted octanol–water partition coefficient (Wildman–Crippen LogP) is 4.47. The minimum Gasteiger partial charge on any atom is -0.484 e. The number of ether oxygens (including phenoxy) is 1. The second-order valence-corrected chi connectivity index (χ2v) is 8.16. The van der Waals surface area contributed by atoms with Crippen molar-refractivity contribution < 1.29 is 14.3 Å². The van der Waals surface area contributed by atoms with E-state index >= 15 is 0 Å². The topological polar surface area (TPSA) is 58.6 Å². The van der Waals surface area contributed by atoms with E-state index in [1.165, 1.54) is 0 Å². The molecular formula is C23H29BrN2O3. The van der Waals surface area contributed by atoms with E-state index < -0.39 is 6.04 Å². The monoisotopic (exact) mass is 460 g/mol. The number of hydrogen-bond acceptors (Lipinski definition) is 3. The number of rotatable bonds is 9. The van der Waals surface area contributed by atoms with Crippen LogP contribution in [0.5, 0.6) is 5.75 Å². The maximum Gasteiger partial charge on any atom is 0.261 e. The summed E-state index contributed by atoms with van der Waals surface area (Å²) >= 11 is 3.46. The van der Waals surface area contributed by atoms with E-state index in [2.05, 4.69) is 21.2 Å². The van der Waals surface area contributed by atoms with Gasteiger partial charge in [0.1, 0.15) is 11.8 Å². The molecule has 156 valence electrons. The second kappa shape index (κ2) is 11.0. The molecule has 2 amide bonds. The molecule has 0 aliphatic heterocycles. The summed E-state index contributed by atoms with van der Waals surface area (Å²) in [4.78, 5) is 27.2. The zero-order chi connectivity index (χ0) is 21.4. The number of aryl methyl sites for hydroxylation is 1. The Morgan fingerprint density at radius 2 is 1.83 bits per heavy atom. The van der Waals surface area contributed by atoms with Gasteiger partial charge in [0.05, 0.1) is 0 Å². The molecule has 0 bridgehead atoms. The summed E-state index contributed by atoms with van der Waals surface area (Å²) in [5.41, 5.74) is 2.06. The first kappa shape index (κ1) is 22.9. The number of halogens is 1. The average molecular weight is 461 g/mol. The van der Waals surface area contributed by atoms with Crippen molar-refractivity contribution in [2.24, 2.45) is 0 Å². The molecule has 2 aromatic rings. The lowest BCUT2D eigenvalue weighted by atomic mass is 10.1. The van der Waals surface area contributed by atoms with Gasteiger partial charge < -0.3 is 15.0 Å². The smallest absolute Gasteiger partial charge is 0.261 e. The van der Waals surface area contributed by atoms with Gasteiger partial charge in [0.25, 0.3) is 5.91 Å². The Morgan fingerprint density at radius 3 is 2.45 bits per heavy atom. The molecule has 0 spiro atoms. The zero-order valence-electron chi connectivity index (χ0n) is 17.4. The highest BCUT2D eigenvalue weighted by Gasteiger charge is 2.27. The minimum absolute atomic E-state index is 0.0524. The highest BCUT2D eigenvalue weighted by Crippen LogP contribution is 2.16. The van der Waals surface area contributed by atoms with Crippen molar-refractivity contribution in [1.82, 2.24) is 10.2 Å². The fourth-order valence-corrected chi connectivity index (χ4v) is 3.19. The first-order valence-electron chi connectivity index (χ1n) is 9.84. The first-order valence-corrected chi connectivity index (χ1v) is 10.6. The predicted molar refractivity (Wildman–Crippen MR) is 119 cm³/mol. The summed E-state index contributed by atoms with van der Waals surface area (Å²) in [5.74, 6) is 0.221. The third-order valence-electron chi connectivity index (χ3n) is 4.79. The Hall–Kier alpha value is -2.34. The van der Waals surface area contributed by atoms with Crippen molar-refractivity contribution in [3.05, 3.63) is 64.1 Å². The highest BCUT2D eigenvalue weighted by molar-refractivity contribution is 9.10. The van der Waals surface area contributed by atoms with Crippen LogP contribution in [0.1, 0.15) is 38.3 Å². The Balaban J connectivity index is 2.14. The third-order valence-corrected chi connectivity index (χ3v) is 5.29. The van der Waals surface area contributed by atoms with Gasteiger partial charge in [-0.05, 0) is 57.0 Å². The van der Waals surface area contributed by atoms with Crippen molar-refractivity contribution in [2.45, 2.75) is 52.7 Å². The van der Waals surface area contributed by atoms with Crippen LogP contribution in [-0.4, -0.2) is 35.4 Å². The van der Waals surface area contributed by atoms with Crippen LogP contribution in [-0.2, 0) is 16.1 Å². The van der Waals surface area contributed by atoms with Crippen LogP contribution in [0.3, 0.4) is 0 Å². The van der Waals surface area contributed by atoms with E-state index in [0.29, 0.717) is 12.3 Å². The summed E-state index contributed by atoms with van der Waals surface area (Å²) in [6.07, 6.45) is 0.828. The van der Waals surface area contributed by atoms with Gasteiger partial charge in [-0.25, -0.2) is 0 Å². The van der Waals surface area contributed by atoms with E-state index in [-0.39, 0.29) is 24.5 Å². The van der Waals surface area contributed by atoms with Crippen LogP contribution in [0, 0.1) is 6.92 Å². The zero-order valence-corrected chi connectivity index (χ0v) is 19.0. The Kier molecular flexibility index (Phi) is 8.70. The van der Waals surface area contributed by atoms with Gasteiger partial charge in [0, 0.05) is 17.1 Å². The van der Waals surface area contributed by atoms with Gasteiger partial charge >= 0.3 is 0 Å². The Bertz CT molecular complexity index is 823. The lowest BCUT2D eigenvalue weighted by Gasteiger charge is -2.29. The van der Waals surface area contributed by atoms with Crippen LogP contribution >= 0.6 is 15.9 Å². The molecule has 29 heavy (non-hydrogen) atoms. The Labute approximate surface area is 181 Å². The van der Waals surface area contributed by atoms with Crippen LogP contribution in [0.2, 0.25) is 0 Å². The number of amides is 2. The number of benzene rings is 2. The van der Waals surface area contributed by atoms with Gasteiger partial charge in [-0.15, -0.1) is 0 Å². The minimum atomic E-state index is -0.614. The Morgan fingerprint density at radius 1 is 1.14 bits per heavy atom. The summed E-state index contributed by atoms with van der Waals surface area (Å²) in [6, 6.07) is 14.7. The molecule has 0 aliphatic rings. The van der Waals surface area contributed by atoms with Crippen LogP contribution in [0.25, 0.3) is 0 Å². The van der Waals surface area contributed by atoms with Crippen LogP contribution in [0.15, 0.2) is 53.0 Å². The van der Waals surface area contributed by atoms with E-state index in [4.69, 9.17) is 4.74 Å². The average Bonchev–Trinajstić information content (AvgIpc) is 2.70. The standard InChI is InChI=1S/C23H29BrN2O3/c1-5-17(3)25-23(28)18(4)26(14-19-7-6-8-20(24)13-19)22(27)15-29-21-11-9-16(2)10-12-21/h6-13,17-18H,5,14-15H2,1-4H3,(H,25,28)/t17-,18+/m0/s1. The maximum atomic E-state index is 13.0. The van der Waals surface area contributed by atoms with Gasteiger partial charge in [0.2, 0.25) is 5.91 Å². The SMILES string of the molecule is CC[C@H](C)NC(=O)[C@@H](C)N(Cc1cccc(Br)c1)C(=O)COc1ccc(C)cc1. The van der Waals surface area contributed by atoms with Crippen molar-refractivity contribution in [2.75, 3.05) is 6.61 Å². The van der Waals surface area contributed by atoms with Crippen molar-refractivity contribution in [3.8, 4) is 5.75 Å². The molecule has 1 N–H and O–H groups in total. The first-order chi connectivity index (χ1) is 13.8. The molecule has 2 rings (SSSR count). The molecule has 0 radical (unpaired) electrons. The molecule has 0 saturated heterocycles. The number of carbonyl (C=O) groups excluding carboxylic acids is 2. The molecule has 0 unspecified atom stereocenters. The van der Waals surface area contributed by atoms with E-state index in [1.807, 2.05) is 69.3 Å². The summed E-state index contributed by atoms with van der Waals surface area (Å²) < 4.78 is 6.59. The molecule has 2 aromatic carbocycles. The van der Waals surface area contributed by atoms with Gasteiger partial charge in [-0.3, -0.25) is 9.59 Å². The largest absolute Gasteiger partial charge is 0.484 e. The third kappa shape index (κ3) is 7.20. The molecule has 0 fully saturated rings. The number of carbonyl (C=O) groups is 2. The maximum absolute atomic E-state index is 13.0. The molecule has 5 nitrogen and oxygen atoms in total. The van der Waals surface area contributed by atoms with Crippen LogP contribution < -0.4 is 10.1 Å². The molecule has 0 aromatic heterocycles. The fourth-order valence-electron chi connectivity index (χ4n) is 2.74. The van der Waals surface area contributed by atoms with E-state index in [9.17, 15) is 9.59 Å². The quantitative estimate of drug-likeness (QED) is 0.600. The van der Waals surface area contributed by atoms with Gasteiger partial charge in [0.15, 0.2) is 6.61 Å². The van der Waals surface area contributed by atoms with Crippen molar-refractivity contribution >= 4 is 27.7 Å². The molecule has 0 heterocycles. The summed E-state index contributed by atoms with van der Waals surface area (Å²) in [6.45, 7) is 7.90. The number of nitrogens with one attached hydrogen (secondary N) is 1. The summed E-state index contributed by atoms with van der Waals surface area (Å²) in [7, 11) is 0. The van der Waals surface area contributed by atoms with Gasteiger partial charge in [-0.1, -0.05) is 52.7 Å². The van der Waals surface area contributed by atoms with Crippen LogP contribution in [0.4, 0.5) is 0 Å². The summed E-state index contributed by atoms with van der Waals surface area (Å²) in [5, 5.41) is 2.96. The fraction of sp³-hybridized carbons (Fsp3) is 0.391. The lowest BCUT2D eigenvalue weighted by molar-refractivity contribution is -0.142. The van der Waals surface area contributed by atoms with E-state index in [1.54, 1.807) is 11.8 Å². The molecule has 6 heteroatoms. The number of nitrogens with zero attached hydrogens (tertiary/aromatic N) is 1. The van der Waals surface area contributed by atoms with Crippen molar-refractivity contribution in [3.63, 3.8) is 0 Å². The molecule has 0 saturated carbocycles.